The van der Waals surface area contributed by atoms with Crippen molar-refractivity contribution in [2.75, 3.05) is 39.9 Å². The number of benzene rings is 2. The molecule has 0 fully saturated rings. The number of methoxy groups -OCH3 is 3. The van der Waals surface area contributed by atoms with Gasteiger partial charge in [-0.15, -0.1) is 0 Å². The number of carbonyl (C=O) groups is 1. The van der Waals surface area contributed by atoms with Crippen molar-refractivity contribution in [3.05, 3.63) is 41.5 Å². The fourth-order valence-corrected chi connectivity index (χ4v) is 2.71. The Morgan fingerprint density at radius 2 is 1.68 bits per heavy atom. The molecule has 1 N–H and O–H groups in total. The normalized spacial score (nSPS) is 10.6. The lowest BCUT2D eigenvalue weighted by Crippen LogP contribution is -2.17. The molecule has 0 bridgehead atoms. The molecule has 0 radical (unpaired) electrons. The van der Waals surface area contributed by atoms with E-state index in [0.717, 1.165) is 24.0 Å². The summed E-state index contributed by atoms with van der Waals surface area (Å²) >= 11 is 0. The predicted octanol–water partition coefficient (Wildman–Crippen LogP) is 4.19. The van der Waals surface area contributed by atoms with Crippen LogP contribution in [-0.2, 0) is 9.63 Å². The van der Waals surface area contributed by atoms with Crippen LogP contribution in [-0.4, -0.2) is 46.7 Å². The number of carbonyl (C=O) groups excluding carboxylic acids is 1. The first-order valence-electron chi connectivity index (χ1n) is 10.0. The third-order valence-electron chi connectivity index (χ3n) is 4.42. The quantitative estimate of drug-likeness (QED) is 0.309. The molecule has 8 heteroatoms. The van der Waals surface area contributed by atoms with Gasteiger partial charge in [-0.25, -0.2) is 0 Å². The number of amides is 1. The third kappa shape index (κ3) is 7.09. The van der Waals surface area contributed by atoms with Crippen molar-refractivity contribution in [3.63, 3.8) is 0 Å². The topological polar surface area (TPSA) is 87.6 Å². The lowest BCUT2D eigenvalue weighted by Gasteiger charge is -2.13. The van der Waals surface area contributed by atoms with Crippen LogP contribution in [0.4, 0.5) is 5.69 Å². The van der Waals surface area contributed by atoms with Crippen LogP contribution in [0.15, 0.2) is 35.5 Å². The number of hydrogen-bond acceptors (Lipinski definition) is 7. The number of rotatable bonds is 12. The lowest BCUT2D eigenvalue weighted by atomic mass is 10.1. The maximum absolute atomic E-state index is 12.2. The van der Waals surface area contributed by atoms with Crippen LogP contribution in [0.3, 0.4) is 0 Å². The Morgan fingerprint density at radius 3 is 2.35 bits per heavy atom. The number of nitrogens with zero attached hydrogens (tertiary/aromatic N) is 1. The average molecular weight is 431 g/mol. The Morgan fingerprint density at radius 1 is 1.00 bits per heavy atom. The van der Waals surface area contributed by atoms with Crippen LogP contribution >= 0.6 is 0 Å². The molecule has 2 aromatic rings. The third-order valence-corrected chi connectivity index (χ3v) is 4.42. The highest BCUT2D eigenvalue weighted by Crippen LogP contribution is 2.33. The van der Waals surface area contributed by atoms with Crippen molar-refractivity contribution in [1.82, 2.24) is 0 Å². The molecule has 2 aromatic carbocycles. The fourth-order valence-electron chi connectivity index (χ4n) is 2.71. The minimum Gasteiger partial charge on any atom is -0.493 e. The summed E-state index contributed by atoms with van der Waals surface area (Å²) in [5.74, 6) is 2.07. The molecule has 0 unspecified atom stereocenters. The number of anilines is 1. The molecule has 8 nitrogen and oxygen atoms in total. The SMILES string of the molecule is CCCCOc1ccc(C=NOCC(=O)Nc2cc(OC)c(OC)cc2C)cc1OC. The average Bonchev–Trinajstić information content (AvgIpc) is 2.78. The highest BCUT2D eigenvalue weighted by atomic mass is 16.6. The van der Waals surface area contributed by atoms with Gasteiger partial charge in [0.05, 0.1) is 34.2 Å². The fraction of sp³-hybridized carbons (Fsp3) is 0.391. The van der Waals surface area contributed by atoms with E-state index in [9.17, 15) is 4.79 Å². The summed E-state index contributed by atoms with van der Waals surface area (Å²) < 4.78 is 21.6. The van der Waals surface area contributed by atoms with Gasteiger partial charge in [0, 0.05) is 17.3 Å². The van der Waals surface area contributed by atoms with Gasteiger partial charge in [0.25, 0.3) is 5.91 Å². The highest BCUT2D eigenvalue weighted by molar-refractivity contribution is 5.93. The number of ether oxygens (including phenoxy) is 4. The van der Waals surface area contributed by atoms with Gasteiger partial charge in [-0.1, -0.05) is 18.5 Å². The van der Waals surface area contributed by atoms with E-state index >= 15 is 0 Å². The Labute approximate surface area is 183 Å². The summed E-state index contributed by atoms with van der Waals surface area (Å²) in [7, 11) is 4.68. The monoisotopic (exact) mass is 430 g/mol. The van der Waals surface area contributed by atoms with E-state index in [1.54, 1.807) is 32.4 Å². The van der Waals surface area contributed by atoms with Crippen molar-refractivity contribution in [2.24, 2.45) is 5.16 Å². The summed E-state index contributed by atoms with van der Waals surface area (Å²) in [4.78, 5) is 17.3. The highest BCUT2D eigenvalue weighted by Gasteiger charge is 2.11. The van der Waals surface area contributed by atoms with Gasteiger partial charge in [0.1, 0.15) is 0 Å². The largest absolute Gasteiger partial charge is 0.493 e. The van der Waals surface area contributed by atoms with Crippen molar-refractivity contribution in [1.29, 1.82) is 0 Å². The minimum atomic E-state index is -0.343. The standard InChI is InChI=1S/C23H30N2O6/c1-6-7-10-30-19-9-8-17(12-21(19)28-4)14-24-31-15-23(26)25-18-13-22(29-5)20(27-3)11-16(18)2/h8-9,11-14H,6-7,10,15H2,1-5H3,(H,25,26). The number of hydrogen-bond donors (Lipinski definition) is 1. The molecule has 1 amide bonds. The summed E-state index contributed by atoms with van der Waals surface area (Å²) in [6, 6.07) is 8.94. The Hall–Kier alpha value is -3.42. The first-order valence-corrected chi connectivity index (χ1v) is 10.0. The number of oxime groups is 1. The molecule has 0 saturated heterocycles. The Bertz CT molecular complexity index is 898. The zero-order valence-corrected chi connectivity index (χ0v) is 18.7. The molecule has 0 saturated carbocycles. The molecule has 168 valence electrons. The molecule has 0 aliphatic rings. The van der Waals surface area contributed by atoms with Crippen molar-refractivity contribution in [2.45, 2.75) is 26.7 Å². The van der Waals surface area contributed by atoms with Crippen molar-refractivity contribution >= 4 is 17.8 Å². The molecule has 0 aromatic heterocycles. The van der Waals surface area contributed by atoms with Crippen LogP contribution in [0.25, 0.3) is 0 Å². The predicted molar refractivity (Wildman–Crippen MR) is 120 cm³/mol. The van der Waals surface area contributed by atoms with Crippen LogP contribution in [0, 0.1) is 6.92 Å². The van der Waals surface area contributed by atoms with Crippen molar-refractivity contribution in [3.8, 4) is 23.0 Å². The van der Waals surface area contributed by atoms with Crippen LogP contribution < -0.4 is 24.3 Å². The van der Waals surface area contributed by atoms with Gasteiger partial charge >= 0.3 is 0 Å². The van der Waals surface area contributed by atoms with Gasteiger partial charge in [0.15, 0.2) is 29.6 Å². The lowest BCUT2D eigenvalue weighted by molar-refractivity contribution is -0.120. The second kappa shape index (κ2) is 12.3. The van der Waals surface area contributed by atoms with Crippen LogP contribution in [0.1, 0.15) is 30.9 Å². The Balaban J connectivity index is 1.91. The van der Waals surface area contributed by atoms with Gasteiger partial charge in [-0.2, -0.15) is 0 Å². The smallest absolute Gasteiger partial charge is 0.265 e. The van der Waals surface area contributed by atoms with E-state index in [4.69, 9.17) is 23.8 Å². The molecular formula is C23H30N2O6. The van der Waals surface area contributed by atoms with Gasteiger partial charge in [0.2, 0.25) is 0 Å². The second-order valence-electron chi connectivity index (χ2n) is 6.69. The minimum absolute atomic E-state index is 0.236. The van der Waals surface area contributed by atoms with Crippen LogP contribution in [0.5, 0.6) is 23.0 Å². The van der Waals surface area contributed by atoms with Gasteiger partial charge in [-0.05, 0) is 43.2 Å². The molecule has 31 heavy (non-hydrogen) atoms. The number of unbranched alkanes of at least 4 members (excludes halogenated alkanes) is 1. The molecule has 0 heterocycles. The summed E-state index contributed by atoms with van der Waals surface area (Å²) in [5.41, 5.74) is 2.21. The van der Waals surface area contributed by atoms with E-state index in [0.29, 0.717) is 35.3 Å². The second-order valence-corrected chi connectivity index (χ2v) is 6.69. The summed E-state index contributed by atoms with van der Waals surface area (Å²) in [6.07, 6.45) is 3.54. The maximum Gasteiger partial charge on any atom is 0.265 e. The van der Waals surface area contributed by atoms with E-state index in [1.807, 2.05) is 19.1 Å². The van der Waals surface area contributed by atoms with E-state index in [-0.39, 0.29) is 12.5 Å². The van der Waals surface area contributed by atoms with Gasteiger partial charge < -0.3 is 29.1 Å². The molecule has 0 aliphatic carbocycles. The van der Waals surface area contributed by atoms with Crippen molar-refractivity contribution < 1.29 is 28.6 Å². The van der Waals surface area contributed by atoms with E-state index in [2.05, 4.69) is 17.4 Å². The van der Waals surface area contributed by atoms with E-state index in [1.165, 1.54) is 13.3 Å². The number of aryl methyl sites for hydroxylation is 1. The van der Waals surface area contributed by atoms with Crippen LogP contribution in [0.2, 0.25) is 0 Å². The summed E-state index contributed by atoms with van der Waals surface area (Å²) in [5, 5.41) is 6.64. The molecular weight excluding hydrogens is 400 g/mol. The zero-order valence-electron chi connectivity index (χ0n) is 18.7. The first kappa shape index (κ1) is 23.9. The maximum atomic E-state index is 12.2. The molecule has 0 atom stereocenters. The zero-order chi connectivity index (χ0) is 22.6. The summed E-state index contributed by atoms with van der Waals surface area (Å²) in [6.45, 7) is 4.37. The molecule has 0 aliphatic heterocycles. The van der Waals surface area contributed by atoms with Gasteiger partial charge in [-0.3, -0.25) is 4.79 Å². The molecule has 0 spiro atoms. The molecule has 2 rings (SSSR count). The Kier molecular flexibility index (Phi) is 9.48. The van der Waals surface area contributed by atoms with E-state index < -0.39 is 0 Å². The first-order chi connectivity index (χ1) is 15.0. The number of nitrogens with one attached hydrogen (secondary N) is 1.